The fourth-order valence-electron chi connectivity index (χ4n) is 2.20. The van der Waals surface area contributed by atoms with Gasteiger partial charge in [-0.05, 0) is 19.4 Å². The molecule has 0 saturated carbocycles. The molecule has 0 aliphatic carbocycles. The summed E-state index contributed by atoms with van der Waals surface area (Å²) in [6.07, 6.45) is 1.34. The Kier molecular flexibility index (Phi) is 9.97. The SMILES string of the molecule is C=CC(=O)OCCOC(=O)CCCOc1cc([N+](=O)[O-])c(C(C)Cl)cc1CO. The summed E-state index contributed by atoms with van der Waals surface area (Å²) >= 11 is 5.96. The highest BCUT2D eigenvalue weighted by atomic mass is 35.5. The number of hydrogen-bond donors (Lipinski definition) is 1. The molecule has 0 aliphatic heterocycles. The van der Waals surface area contributed by atoms with Gasteiger partial charge < -0.3 is 19.3 Å². The van der Waals surface area contributed by atoms with Crippen molar-refractivity contribution >= 4 is 29.2 Å². The largest absolute Gasteiger partial charge is 0.493 e. The predicted octanol–water partition coefficient (Wildman–Crippen LogP) is 2.82. The monoisotopic (exact) mass is 415 g/mol. The van der Waals surface area contributed by atoms with Gasteiger partial charge in [0.15, 0.2) is 0 Å². The average molecular weight is 416 g/mol. The summed E-state index contributed by atoms with van der Waals surface area (Å²) < 4.78 is 15.0. The second-order valence-electron chi connectivity index (χ2n) is 5.59. The van der Waals surface area contributed by atoms with Crippen LogP contribution in [-0.2, 0) is 25.7 Å². The first-order valence-electron chi connectivity index (χ1n) is 8.43. The van der Waals surface area contributed by atoms with Crippen molar-refractivity contribution in [2.75, 3.05) is 19.8 Å². The number of carbonyl (C=O) groups excluding carboxylic acids is 2. The molecule has 9 nitrogen and oxygen atoms in total. The lowest BCUT2D eigenvalue weighted by Crippen LogP contribution is -2.13. The Morgan fingerprint density at radius 3 is 2.57 bits per heavy atom. The maximum absolute atomic E-state index is 11.6. The van der Waals surface area contributed by atoms with Gasteiger partial charge in [-0.1, -0.05) is 6.58 Å². The van der Waals surface area contributed by atoms with Crippen LogP contribution in [0.15, 0.2) is 24.8 Å². The van der Waals surface area contributed by atoms with Gasteiger partial charge in [-0.25, -0.2) is 4.79 Å². The molecule has 1 unspecified atom stereocenters. The lowest BCUT2D eigenvalue weighted by molar-refractivity contribution is -0.385. The van der Waals surface area contributed by atoms with Crippen LogP contribution in [0.2, 0.25) is 0 Å². The number of aliphatic hydroxyl groups excluding tert-OH is 1. The van der Waals surface area contributed by atoms with Crippen LogP contribution in [0, 0.1) is 10.1 Å². The topological polar surface area (TPSA) is 125 Å². The van der Waals surface area contributed by atoms with Crippen molar-refractivity contribution < 1.29 is 33.8 Å². The Hall–Kier alpha value is -2.65. The van der Waals surface area contributed by atoms with E-state index >= 15 is 0 Å². The molecule has 28 heavy (non-hydrogen) atoms. The number of benzene rings is 1. The highest BCUT2D eigenvalue weighted by Crippen LogP contribution is 2.35. The van der Waals surface area contributed by atoms with Gasteiger partial charge in [0.1, 0.15) is 19.0 Å². The zero-order valence-corrected chi connectivity index (χ0v) is 16.1. The van der Waals surface area contributed by atoms with E-state index in [1.54, 1.807) is 6.92 Å². The second kappa shape index (κ2) is 11.9. The number of nitro benzene ring substituents is 1. The first-order valence-corrected chi connectivity index (χ1v) is 8.87. The lowest BCUT2D eigenvalue weighted by atomic mass is 10.1. The fraction of sp³-hybridized carbons (Fsp3) is 0.444. The average Bonchev–Trinajstić information content (AvgIpc) is 2.67. The Morgan fingerprint density at radius 1 is 1.32 bits per heavy atom. The third-order valence-corrected chi connectivity index (χ3v) is 3.78. The summed E-state index contributed by atoms with van der Waals surface area (Å²) in [5, 5.41) is 20.1. The van der Waals surface area contributed by atoms with Crippen molar-refractivity contribution in [3.05, 3.63) is 46.0 Å². The maximum Gasteiger partial charge on any atom is 0.330 e. The van der Waals surface area contributed by atoms with E-state index in [2.05, 4.69) is 11.3 Å². The van der Waals surface area contributed by atoms with Crippen LogP contribution in [0.5, 0.6) is 5.75 Å². The van der Waals surface area contributed by atoms with E-state index in [1.807, 2.05) is 0 Å². The molecule has 1 aromatic rings. The van der Waals surface area contributed by atoms with Gasteiger partial charge in [0, 0.05) is 23.6 Å². The van der Waals surface area contributed by atoms with Crippen LogP contribution in [-0.4, -0.2) is 41.8 Å². The van der Waals surface area contributed by atoms with Crippen molar-refractivity contribution in [1.29, 1.82) is 0 Å². The molecule has 0 bridgehead atoms. The number of ether oxygens (including phenoxy) is 3. The minimum absolute atomic E-state index is 0.0444. The number of rotatable bonds is 12. The predicted molar refractivity (Wildman–Crippen MR) is 100 cm³/mol. The molecule has 1 atom stereocenters. The highest BCUT2D eigenvalue weighted by Gasteiger charge is 2.22. The highest BCUT2D eigenvalue weighted by molar-refractivity contribution is 6.20. The number of nitrogens with zero attached hydrogens (tertiary/aromatic N) is 1. The maximum atomic E-state index is 11.6. The quantitative estimate of drug-likeness (QED) is 0.138. The van der Waals surface area contributed by atoms with Crippen LogP contribution in [0.4, 0.5) is 5.69 Å². The van der Waals surface area contributed by atoms with Gasteiger partial charge in [0.2, 0.25) is 0 Å². The Morgan fingerprint density at radius 2 is 2.00 bits per heavy atom. The number of aliphatic hydroxyl groups is 1. The Labute approximate surface area is 167 Å². The Balaban J connectivity index is 2.53. The summed E-state index contributed by atoms with van der Waals surface area (Å²) in [6.45, 7) is 4.39. The normalized spacial score (nSPS) is 11.4. The molecular formula is C18H22ClNO8. The molecule has 1 N–H and O–H groups in total. The van der Waals surface area contributed by atoms with Gasteiger partial charge in [0.25, 0.3) is 5.69 Å². The molecule has 0 fully saturated rings. The van der Waals surface area contributed by atoms with E-state index in [0.29, 0.717) is 5.56 Å². The number of nitro groups is 1. The minimum Gasteiger partial charge on any atom is -0.493 e. The summed E-state index contributed by atoms with van der Waals surface area (Å²) in [4.78, 5) is 33.0. The molecule has 0 spiro atoms. The molecule has 0 amide bonds. The lowest BCUT2D eigenvalue weighted by Gasteiger charge is -2.13. The van der Waals surface area contributed by atoms with E-state index in [1.165, 1.54) is 12.1 Å². The van der Waals surface area contributed by atoms with Crippen molar-refractivity contribution in [2.45, 2.75) is 31.7 Å². The number of hydrogen-bond acceptors (Lipinski definition) is 8. The molecule has 0 aliphatic rings. The van der Waals surface area contributed by atoms with Crippen LogP contribution in [0.1, 0.15) is 36.3 Å². The van der Waals surface area contributed by atoms with Crippen LogP contribution in [0.3, 0.4) is 0 Å². The Bertz CT molecular complexity index is 720. The third-order valence-electron chi connectivity index (χ3n) is 3.55. The summed E-state index contributed by atoms with van der Waals surface area (Å²) in [7, 11) is 0. The molecule has 0 aromatic heterocycles. The molecule has 1 rings (SSSR count). The summed E-state index contributed by atoms with van der Waals surface area (Å²) in [6, 6.07) is 2.65. The molecule has 0 radical (unpaired) electrons. The van der Waals surface area contributed by atoms with E-state index in [-0.39, 0.29) is 56.3 Å². The number of carbonyl (C=O) groups is 2. The van der Waals surface area contributed by atoms with Gasteiger partial charge in [-0.2, -0.15) is 0 Å². The molecule has 0 heterocycles. The number of esters is 2. The number of alkyl halides is 1. The molecule has 1 aromatic carbocycles. The first kappa shape index (κ1) is 23.4. The van der Waals surface area contributed by atoms with Gasteiger partial charge in [-0.15, -0.1) is 11.6 Å². The van der Waals surface area contributed by atoms with Crippen LogP contribution >= 0.6 is 11.6 Å². The second-order valence-corrected chi connectivity index (χ2v) is 6.25. The zero-order valence-electron chi connectivity index (χ0n) is 15.4. The molecule has 154 valence electrons. The van der Waals surface area contributed by atoms with E-state index in [9.17, 15) is 24.8 Å². The fourth-order valence-corrected chi connectivity index (χ4v) is 2.37. The third kappa shape index (κ3) is 7.53. The van der Waals surface area contributed by atoms with E-state index in [0.717, 1.165) is 6.08 Å². The summed E-state index contributed by atoms with van der Waals surface area (Å²) in [5.74, 6) is -0.953. The standard InChI is InChI=1S/C18H22ClNO8/c1-3-17(22)27-7-8-28-18(23)5-4-6-26-16-10-15(20(24)25)14(12(2)19)9-13(16)11-21/h3,9-10,12,21H,1,4-8,11H2,2H3. The molecule has 10 heteroatoms. The first-order chi connectivity index (χ1) is 13.3. The number of halogens is 1. The van der Waals surface area contributed by atoms with Crippen molar-refractivity contribution in [3.8, 4) is 5.75 Å². The van der Waals surface area contributed by atoms with Gasteiger partial charge >= 0.3 is 11.9 Å². The van der Waals surface area contributed by atoms with Gasteiger partial charge in [-0.3, -0.25) is 14.9 Å². The van der Waals surface area contributed by atoms with E-state index < -0.39 is 22.2 Å². The van der Waals surface area contributed by atoms with E-state index in [4.69, 9.17) is 21.1 Å². The van der Waals surface area contributed by atoms with Crippen molar-refractivity contribution in [3.63, 3.8) is 0 Å². The molecular weight excluding hydrogens is 394 g/mol. The van der Waals surface area contributed by atoms with Crippen molar-refractivity contribution in [1.82, 2.24) is 0 Å². The molecule has 0 saturated heterocycles. The smallest absolute Gasteiger partial charge is 0.330 e. The summed E-state index contributed by atoms with van der Waals surface area (Å²) in [5.41, 5.74) is 0.437. The van der Waals surface area contributed by atoms with Crippen LogP contribution < -0.4 is 4.74 Å². The zero-order chi connectivity index (χ0) is 21.1. The van der Waals surface area contributed by atoms with Gasteiger partial charge in [0.05, 0.1) is 29.6 Å². The van der Waals surface area contributed by atoms with Crippen molar-refractivity contribution in [2.24, 2.45) is 0 Å². The van der Waals surface area contributed by atoms with Crippen LogP contribution in [0.25, 0.3) is 0 Å². The minimum atomic E-state index is -0.611.